The van der Waals surface area contributed by atoms with Gasteiger partial charge >= 0.3 is 5.97 Å². The highest BCUT2D eigenvalue weighted by atomic mass is 16.5. The van der Waals surface area contributed by atoms with Crippen LogP contribution < -0.4 is 4.74 Å². The lowest BCUT2D eigenvalue weighted by Crippen LogP contribution is -2.49. The molecule has 0 unspecified atom stereocenters. The molecule has 0 amide bonds. The zero-order chi connectivity index (χ0) is 16.8. The van der Waals surface area contributed by atoms with Crippen LogP contribution in [0.2, 0.25) is 0 Å². The Morgan fingerprint density at radius 1 is 1.21 bits per heavy atom. The van der Waals surface area contributed by atoms with Crippen LogP contribution >= 0.6 is 0 Å². The number of carbonyl (C=O) groups is 1. The van der Waals surface area contributed by atoms with Crippen molar-refractivity contribution in [2.75, 3.05) is 26.8 Å². The van der Waals surface area contributed by atoms with Crippen LogP contribution in [0, 0.1) is 5.92 Å². The number of hydrogen-bond acceptors (Lipinski definition) is 4. The van der Waals surface area contributed by atoms with Gasteiger partial charge in [-0.15, -0.1) is 0 Å². The van der Waals surface area contributed by atoms with Crippen LogP contribution in [-0.4, -0.2) is 43.7 Å². The number of nitrogens with zero attached hydrogens (tertiary/aromatic N) is 1. The molecular formula is C20H27NO3. The summed E-state index contributed by atoms with van der Waals surface area (Å²) in [5, 5.41) is 0. The summed E-state index contributed by atoms with van der Waals surface area (Å²) >= 11 is 0. The van der Waals surface area contributed by atoms with Crippen LogP contribution in [0.1, 0.15) is 37.7 Å². The summed E-state index contributed by atoms with van der Waals surface area (Å²) in [7, 11) is 1.63. The van der Waals surface area contributed by atoms with Crippen LogP contribution in [0.15, 0.2) is 30.3 Å². The van der Waals surface area contributed by atoms with Gasteiger partial charge in [0.2, 0.25) is 0 Å². The lowest BCUT2D eigenvalue weighted by atomic mass is 9.84. The molecule has 2 atom stereocenters. The molecule has 2 saturated heterocycles. The van der Waals surface area contributed by atoms with E-state index < -0.39 is 0 Å². The smallest absolute Gasteiger partial charge is 0.330 e. The zero-order valence-corrected chi connectivity index (χ0v) is 14.4. The van der Waals surface area contributed by atoms with E-state index >= 15 is 0 Å². The standard InChI is InChI=1S/C20H27NO3/c1-23-19-10-3-2-7-16(19)11-12-20(22)24-15-17-8-6-14-21-13-5-4-9-18(17)21/h2-3,7,10-12,17-18H,4-6,8-9,13-15H2,1H3/b12-11-/t17-,18+/m0/s1. The van der Waals surface area contributed by atoms with E-state index in [0.717, 1.165) is 11.3 Å². The Balaban J connectivity index is 1.52. The van der Waals surface area contributed by atoms with Crippen molar-refractivity contribution in [2.24, 2.45) is 5.92 Å². The van der Waals surface area contributed by atoms with Crippen molar-refractivity contribution in [1.29, 1.82) is 0 Å². The van der Waals surface area contributed by atoms with Gasteiger partial charge in [-0.05, 0) is 50.9 Å². The molecule has 1 aromatic carbocycles. The van der Waals surface area contributed by atoms with Gasteiger partial charge in [0.15, 0.2) is 0 Å². The molecule has 0 aromatic heterocycles. The molecule has 0 aliphatic carbocycles. The van der Waals surface area contributed by atoms with Gasteiger partial charge in [0.25, 0.3) is 0 Å². The van der Waals surface area contributed by atoms with Gasteiger partial charge < -0.3 is 9.47 Å². The third-order valence-electron chi connectivity index (χ3n) is 5.21. The topological polar surface area (TPSA) is 38.8 Å². The molecule has 3 rings (SSSR count). The monoisotopic (exact) mass is 329 g/mol. The second-order valence-electron chi connectivity index (χ2n) is 6.71. The largest absolute Gasteiger partial charge is 0.496 e. The quantitative estimate of drug-likeness (QED) is 0.612. The van der Waals surface area contributed by atoms with E-state index in [-0.39, 0.29) is 5.97 Å². The number of ether oxygens (including phenoxy) is 2. The molecule has 130 valence electrons. The first-order valence-corrected chi connectivity index (χ1v) is 9.00. The molecule has 24 heavy (non-hydrogen) atoms. The minimum atomic E-state index is -0.270. The van der Waals surface area contributed by atoms with Crippen molar-refractivity contribution in [2.45, 2.75) is 38.1 Å². The van der Waals surface area contributed by atoms with Gasteiger partial charge in [-0.25, -0.2) is 4.79 Å². The SMILES string of the molecule is COc1ccccc1/C=C\C(=O)OC[C@@H]1CCCN2CCCC[C@H]12. The Morgan fingerprint density at radius 3 is 2.92 bits per heavy atom. The first-order chi connectivity index (χ1) is 11.8. The number of hydrogen-bond donors (Lipinski definition) is 0. The molecule has 0 spiro atoms. The van der Waals surface area contributed by atoms with E-state index in [4.69, 9.17) is 9.47 Å². The van der Waals surface area contributed by atoms with Crippen molar-refractivity contribution in [1.82, 2.24) is 4.90 Å². The van der Waals surface area contributed by atoms with Gasteiger partial charge in [0, 0.05) is 23.6 Å². The van der Waals surface area contributed by atoms with Gasteiger partial charge in [-0.3, -0.25) is 4.90 Å². The average Bonchev–Trinajstić information content (AvgIpc) is 2.64. The summed E-state index contributed by atoms with van der Waals surface area (Å²) in [4.78, 5) is 14.6. The minimum Gasteiger partial charge on any atom is -0.496 e. The predicted molar refractivity (Wildman–Crippen MR) is 94.9 cm³/mol. The van der Waals surface area contributed by atoms with Crippen molar-refractivity contribution in [3.05, 3.63) is 35.9 Å². The highest BCUT2D eigenvalue weighted by Gasteiger charge is 2.33. The number of piperidine rings is 2. The van der Waals surface area contributed by atoms with Crippen molar-refractivity contribution < 1.29 is 14.3 Å². The van der Waals surface area contributed by atoms with Gasteiger partial charge in [-0.2, -0.15) is 0 Å². The van der Waals surface area contributed by atoms with Crippen LogP contribution in [0.4, 0.5) is 0 Å². The van der Waals surface area contributed by atoms with E-state index in [0.29, 0.717) is 18.6 Å². The first-order valence-electron chi connectivity index (χ1n) is 9.00. The number of methoxy groups -OCH3 is 1. The molecule has 0 radical (unpaired) electrons. The number of fused-ring (bicyclic) bond motifs is 1. The van der Waals surface area contributed by atoms with Gasteiger partial charge in [-0.1, -0.05) is 24.6 Å². The lowest BCUT2D eigenvalue weighted by Gasteiger charge is -2.44. The number of para-hydroxylation sites is 1. The van der Waals surface area contributed by atoms with Crippen LogP contribution in [-0.2, 0) is 9.53 Å². The zero-order valence-electron chi connectivity index (χ0n) is 14.4. The summed E-state index contributed by atoms with van der Waals surface area (Å²) in [6.07, 6.45) is 9.51. The van der Waals surface area contributed by atoms with E-state index in [1.807, 2.05) is 24.3 Å². The fourth-order valence-corrected chi connectivity index (χ4v) is 3.97. The molecule has 1 aromatic rings. The molecule has 2 heterocycles. The molecule has 4 heteroatoms. The summed E-state index contributed by atoms with van der Waals surface area (Å²) in [6, 6.07) is 8.24. The van der Waals surface area contributed by atoms with E-state index in [1.165, 1.54) is 51.3 Å². The second-order valence-corrected chi connectivity index (χ2v) is 6.71. The molecule has 2 fully saturated rings. The highest BCUT2D eigenvalue weighted by molar-refractivity contribution is 5.87. The van der Waals surface area contributed by atoms with E-state index in [1.54, 1.807) is 13.2 Å². The Hall–Kier alpha value is -1.81. The number of carbonyl (C=O) groups excluding carboxylic acids is 1. The molecule has 0 bridgehead atoms. The maximum absolute atomic E-state index is 12.1. The van der Waals surface area contributed by atoms with Gasteiger partial charge in [0.05, 0.1) is 13.7 Å². The second kappa shape index (κ2) is 8.34. The Kier molecular flexibility index (Phi) is 5.91. The number of rotatable bonds is 5. The maximum Gasteiger partial charge on any atom is 0.330 e. The summed E-state index contributed by atoms with van der Waals surface area (Å²) in [5.74, 6) is 0.975. The van der Waals surface area contributed by atoms with Crippen LogP contribution in [0.5, 0.6) is 5.75 Å². The normalized spacial score (nSPS) is 24.5. The van der Waals surface area contributed by atoms with Crippen molar-refractivity contribution in [3.63, 3.8) is 0 Å². The minimum absolute atomic E-state index is 0.270. The third kappa shape index (κ3) is 4.18. The third-order valence-corrected chi connectivity index (χ3v) is 5.21. The van der Waals surface area contributed by atoms with Crippen molar-refractivity contribution in [3.8, 4) is 5.75 Å². The first kappa shape index (κ1) is 17.0. The van der Waals surface area contributed by atoms with Gasteiger partial charge in [0.1, 0.15) is 5.75 Å². The van der Waals surface area contributed by atoms with E-state index in [2.05, 4.69) is 4.90 Å². The fraction of sp³-hybridized carbons (Fsp3) is 0.550. The summed E-state index contributed by atoms with van der Waals surface area (Å²) < 4.78 is 10.8. The maximum atomic E-state index is 12.1. The predicted octanol–water partition coefficient (Wildman–Crippen LogP) is 3.52. The number of benzene rings is 1. The summed E-state index contributed by atoms with van der Waals surface area (Å²) in [6.45, 7) is 2.96. The molecular weight excluding hydrogens is 302 g/mol. The van der Waals surface area contributed by atoms with Crippen LogP contribution in [0.25, 0.3) is 6.08 Å². The Labute approximate surface area is 144 Å². The highest BCUT2D eigenvalue weighted by Crippen LogP contribution is 2.31. The lowest BCUT2D eigenvalue weighted by molar-refractivity contribution is -0.140. The fourth-order valence-electron chi connectivity index (χ4n) is 3.97. The molecule has 2 aliphatic heterocycles. The Bertz CT molecular complexity index is 582. The Morgan fingerprint density at radius 2 is 2.04 bits per heavy atom. The van der Waals surface area contributed by atoms with Crippen molar-refractivity contribution >= 4 is 12.0 Å². The average molecular weight is 329 g/mol. The van der Waals surface area contributed by atoms with Crippen LogP contribution in [0.3, 0.4) is 0 Å². The molecule has 2 aliphatic rings. The molecule has 4 nitrogen and oxygen atoms in total. The summed E-state index contributed by atoms with van der Waals surface area (Å²) in [5.41, 5.74) is 0.882. The molecule has 0 N–H and O–H groups in total. The van der Waals surface area contributed by atoms with E-state index in [9.17, 15) is 4.79 Å². The molecule has 0 saturated carbocycles. The number of esters is 1.